The molecule has 1 heteroatoms. The maximum absolute atomic E-state index is 2.30. The van der Waals surface area contributed by atoms with Crippen LogP contribution in [0, 0.1) is 0 Å². The van der Waals surface area contributed by atoms with Crippen molar-refractivity contribution in [1.29, 1.82) is 0 Å². The van der Waals surface area contributed by atoms with Gasteiger partial charge in [-0.25, -0.2) is 0 Å². The van der Waals surface area contributed by atoms with Crippen molar-refractivity contribution in [3.8, 4) is 0 Å². The van der Waals surface area contributed by atoms with E-state index in [1.165, 1.54) is 18.4 Å². The summed E-state index contributed by atoms with van der Waals surface area (Å²) in [6, 6.07) is 0. The third-order valence-electron chi connectivity index (χ3n) is 1.39. The zero-order valence-corrected chi connectivity index (χ0v) is 5.35. The van der Waals surface area contributed by atoms with Crippen LogP contribution in [0.5, 0.6) is 0 Å². The molecule has 0 heterocycles. The van der Waals surface area contributed by atoms with E-state index in [0.29, 0.717) is 0 Å². The van der Waals surface area contributed by atoms with E-state index in [9.17, 15) is 0 Å². The van der Waals surface area contributed by atoms with Crippen molar-refractivity contribution < 1.29 is 0 Å². The van der Waals surface area contributed by atoms with E-state index < -0.39 is 0 Å². The normalized spacial score (nSPS) is 15.0. The molecule has 1 aliphatic carbocycles. The van der Waals surface area contributed by atoms with Crippen molar-refractivity contribution in [2.75, 3.05) is 0 Å². The fourth-order valence-electron chi connectivity index (χ4n) is 0.981. The van der Waals surface area contributed by atoms with Crippen LogP contribution in [0.3, 0.4) is 0 Å². The van der Waals surface area contributed by atoms with Gasteiger partial charge in [0, 0.05) is 0 Å². The maximum atomic E-state index is 2.30. The SMILES string of the molecule is CCCC1=CCC=C1.[LiH]. The molecule has 0 atom stereocenters. The molecule has 0 bridgehead atoms. The van der Waals surface area contributed by atoms with Gasteiger partial charge in [0.05, 0.1) is 0 Å². The summed E-state index contributed by atoms with van der Waals surface area (Å²) in [7, 11) is 0. The number of hydrogen-bond donors (Lipinski definition) is 0. The Bertz CT molecular complexity index is 123. The molecule has 1 aliphatic rings. The molecule has 0 aromatic carbocycles. The van der Waals surface area contributed by atoms with Gasteiger partial charge in [0.25, 0.3) is 0 Å². The van der Waals surface area contributed by atoms with Gasteiger partial charge < -0.3 is 0 Å². The summed E-state index contributed by atoms with van der Waals surface area (Å²) in [6.45, 7) is 2.22. The van der Waals surface area contributed by atoms with Gasteiger partial charge in [-0.2, -0.15) is 0 Å². The van der Waals surface area contributed by atoms with Crippen molar-refractivity contribution in [3.63, 3.8) is 0 Å². The van der Waals surface area contributed by atoms with E-state index in [0.717, 1.165) is 6.42 Å². The zero-order chi connectivity index (χ0) is 5.82. The van der Waals surface area contributed by atoms with Crippen molar-refractivity contribution in [3.05, 3.63) is 23.8 Å². The Kier molecular flexibility index (Phi) is 4.95. The summed E-state index contributed by atoms with van der Waals surface area (Å²) in [5.41, 5.74) is 1.52. The number of allylic oxidation sites excluding steroid dienone is 4. The Balaban J connectivity index is 0.000000640. The van der Waals surface area contributed by atoms with Crippen LogP contribution in [0.2, 0.25) is 0 Å². The number of rotatable bonds is 2. The number of hydrogen-bond acceptors (Lipinski definition) is 0. The van der Waals surface area contributed by atoms with Crippen LogP contribution in [-0.4, -0.2) is 18.9 Å². The minimum atomic E-state index is 0. The van der Waals surface area contributed by atoms with Crippen LogP contribution in [0.15, 0.2) is 23.8 Å². The van der Waals surface area contributed by atoms with Crippen molar-refractivity contribution in [2.45, 2.75) is 26.2 Å². The van der Waals surface area contributed by atoms with Crippen LogP contribution in [0.4, 0.5) is 0 Å². The summed E-state index contributed by atoms with van der Waals surface area (Å²) >= 11 is 0. The second kappa shape index (κ2) is 4.91. The summed E-state index contributed by atoms with van der Waals surface area (Å²) in [4.78, 5) is 0. The first-order valence-electron chi connectivity index (χ1n) is 3.29. The summed E-state index contributed by atoms with van der Waals surface area (Å²) in [6.07, 6.45) is 10.4. The molecular formula is C8H13Li. The van der Waals surface area contributed by atoms with Crippen LogP contribution < -0.4 is 0 Å². The average Bonchev–Trinajstić information content (AvgIpc) is 2.19. The molecule has 0 saturated heterocycles. The zero-order valence-electron chi connectivity index (χ0n) is 5.35. The Morgan fingerprint density at radius 3 is 2.78 bits per heavy atom. The van der Waals surface area contributed by atoms with Crippen LogP contribution in [0.25, 0.3) is 0 Å². The van der Waals surface area contributed by atoms with Crippen molar-refractivity contribution in [2.24, 2.45) is 0 Å². The molecule has 0 nitrogen and oxygen atoms in total. The monoisotopic (exact) mass is 116 g/mol. The summed E-state index contributed by atoms with van der Waals surface area (Å²) < 4.78 is 0. The molecular weight excluding hydrogens is 103 g/mol. The van der Waals surface area contributed by atoms with E-state index in [1.54, 1.807) is 0 Å². The molecule has 0 saturated carbocycles. The minimum absolute atomic E-state index is 0. The van der Waals surface area contributed by atoms with E-state index in [2.05, 4.69) is 25.2 Å². The molecule has 0 N–H and O–H groups in total. The molecule has 0 radical (unpaired) electrons. The first-order chi connectivity index (χ1) is 3.93. The standard InChI is InChI=1S/C8H12.Li.H/c1-2-5-8-6-3-4-7-8;;/h3,6-7H,2,4-5H2,1H3;;. The van der Waals surface area contributed by atoms with Gasteiger partial charge in [-0.3, -0.25) is 0 Å². The first kappa shape index (κ1) is 9.08. The first-order valence-corrected chi connectivity index (χ1v) is 3.29. The topological polar surface area (TPSA) is 0 Å². The molecule has 0 unspecified atom stereocenters. The summed E-state index contributed by atoms with van der Waals surface area (Å²) in [5, 5.41) is 0. The molecule has 46 valence electrons. The van der Waals surface area contributed by atoms with Gasteiger partial charge in [-0.05, 0) is 12.8 Å². The van der Waals surface area contributed by atoms with E-state index in [4.69, 9.17) is 0 Å². The molecule has 0 aromatic rings. The van der Waals surface area contributed by atoms with Gasteiger partial charge in [-0.15, -0.1) is 0 Å². The molecule has 9 heavy (non-hydrogen) atoms. The Morgan fingerprint density at radius 1 is 1.56 bits per heavy atom. The predicted molar refractivity (Wildman–Crippen MR) is 43.9 cm³/mol. The Labute approximate surface area is 69.2 Å². The molecule has 0 aromatic heterocycles. The average molecular weight is 116 g/mol. The molecule has 0 amide bonds. The molecule has 0 spiro atoms. The van der Waals surface area contributed by atoms with Gasteiger partial charge in [0.1, 0.15) is 0 Å². The Morgan fingerprint density at radius 2 is 2.33 bits per heavy atom. The van der Waals surface area contributed by atoms with Crippen LogP contribution >= 0.6 is 0 Å². The molecule has 1 rings (SSSR count). The fourth-order valence-corrected chi connectivity index (χ4v) is 0.981. The van der Waals surface area contributed by atoms with Crippen molar-refractivity contribution in [1.82, 2.24) is 0 Å². The summed E-state index contributed by atoms with van der Waals surface area (Å²) in [5.74, 6) is 0. The second-order valence-electron chi connectivity index (χ2n) is 2.17. The van der Waals surface area contributed by atoms with Gasteiger partial charge in [0.15, 0.2) is 0 Å². The van der Waals surface area contributed by atoms with Crippen LogP contribution in [0.1, 0.15) is 26.2 Å². The van der Waals surface area contributed by atoms with Crippen molar-refractivity contribution >= 4 is 18.9 Å². The van der Waals surface area contributed by atoms with Crippen LogP contribution in [-0.2, 0) is 0 Å². The molecule has 0 fully saturated rings. The van der Waals surface area contributed by atoms with E-state index >= 15 is 0 Å². The third-order valence-corrected chi connectivity index (χ3v) is 1.39. The predicted octanol–water partition coefficient (Wildman–Crippen LogP) is 2.02. The van der Waals surface area contributed by atoms with E-state index in [1.807, 2.05) is 0 Å². The van der Waals surface area contributed by atoms with Gasteiger partial charge in [-0.1, -0.05) is 37.1 Å². The van der Waals surface area contributed by atoms with E-state index in [-0.39, 0.29) is 18.9 Å². The molecule has 0 aliphatic heterocycles. The fraction of sp³-hybridized carbons (Fsp3) is 0.500. The quantitative estimate of drug-likeness (QED) is 0.484. The third kappa shape index (κ3) is 2.94. The van der Waals surface area contributed by atoms with Gasteiger partial charge in [0.2, 0.25) is 0 Å². The second-order valence-corrected chi connectivity index (χ2v) is 2.17. The Hall–Kier alpha value is 0.0774. The van der Waals surface area contributed by atoms with Gasteiger partial charge >= 0.3 is 18.9 Å².